The molecule has 0 aliphatic carbocycles. The second-order valence-corrected chi connectivity index (χ2v) is 3.56. The molecule has 1 heterocycles. The van der Waals surface area contributed by atoms with Gasteiger partial charge < -0.3 is 0 Å². The molecule has 2 aromatic rings. The number of hydrogen-bond donors (Lipinski definition) is 1. The van der Waals surface area contributed by atoms with Crippen LogP contribution in [0.3, 0.4) is 0 Å². The molecule has 5 heteroatoms. The molecule has 0 aliphatic heterocycles. The van der Waals surface area contributed by atoms with Crippen molar-refractivity contribution in [2.75, 3.05) is 0 Å². The van der Waals surface area contributed by atoms with E-state index in [1.165, 1.54) is 23.0 Å². The fourth-order valence-electron chi connectivity index (χ4n) is 1.24. The predicted molar refractivity (Wildman–Crippen MR) is 64.4 cm³/mol. The van der Waals surface area contributed by atoms with Crippen molar-refractivity contribution in [2.45, 2.75) is 0 Å². The fraction of sp³-hybridized carbons (Fsp3) is 0. The van der Waals surface area contributed by atoms with Crippen LogP contribution >= 0.6 is 24.2 Å². The van der Waals surface area contributed by atoms with E-state index in [2.05, 4.69) is 28.9 Å². The maximum atomic E-state index is 12.7. The molecular formula is C11H6ClFN2S. The first-order valence-electron chi connectivity index (χ1n) is 4.37. The van der Waals surface area contributed by atoms with Gasteiger partial charge in [-0.3, -0.25) is 0 Å². The monoisotopic (exact) mass is 252 g/mol. The van der Waals surface area contributed by atoms with E-state index in [4.69, 9.17) is 11.6 Å². The highest BCUT2D eigenvalue weighted by atomic mass is 35.5. The van der Waals surface area contributed by atoms with Gasteiger partial charge >= 0.3 is 0 Å². The molecule has 1 aromatic heterocycles. The first-order valence-corrected chi connectivity index (χ1v) is 5.19. The van der Waals surface area contributed by atoms with Crippen molar-refractivity contribution in [3.05, 3.63) is 47.0 Å². The third kappa shape index (κ3) is 2.06. The minimum Gasteiger partial charge on any atom is -0.221 e. The summed E-state index contributed by atoms with van der Waals surface area (Å²) in [6, 6.07) is 5.87. The van der Waals surface area contributed by atoms with Crippen LogP contribution in [0.4, 0.5) is 4.39 Å². The molecule has 0 amide bonds. The second kappa shape index (κ2) is 4.60. The molecule has 0 radical (unpaired) electrons. The van der Waals surface area contributed by atoms with Crippen molar-refractivity contribution in [2.24, 2.45) is 0 Å². The van der Waals surface area contributed by atoms with Crippen LogP contribution in [0, 0.1) is 17.0 Å². The van der Waals surface area contributed by atoms with E-state index in [1.807, 2.05) is 0 Å². The van der Waals surface area contributed by atoms with Crippen LogP contribution in [0.25, 0.3) is 5.69 Å². The van der Waals surface area contributed by atoms with Gasteiger partial charge in [0.2, 0.25) is 0 Å². The largest absolute Gasteiger partial charge is 0.221 e. The minimum atomic E-state index is -0.303. The normalized spacial score (nSPS) is 9.69. The molecule has 80 valence electrons. The van der Waals surface area contributed by atoms with E-state index in [9.17, 15) is 4.39 Å². The van der Waals surface area contributed by atoms with Gasteiger partial charge in [0.15, 0.2) is 0 Å². The smallest absolute Gasteiger partial charge is 0.148 e. The van der Waals surface area contributed by atoms with Crippen LogP contribution in [-0.2, 0) is 0 Å². The lowest BCUT2D eigenvalue weighted by Crippen LogP contribution is -1.96. The molecule has 1 aromatic carbocycles. The summed E-state index contributed by atoms with van der Waals surface area (Å²) < 4.78 is 14.2. The van der Waals surface area contributed by atoms with E-state index in [0.29, 0.717) is 16.4 Å². The van der Waals surface area contributed by atoms with Crippen molar-refractivity contribution < 1.29 is 4.39 Å². The zero-order chi connectivity index (χ0) is 11.5. The topological polar surface area (TPSA) is 17.8 Å². The Morgan fingerprint density at radius 2 is 2.00 bits per heavy atom. The van der Waals surface area contributed by atoms with Crippen LogP contribution < -0.4 is 0 Å². The number of aromatic nitrogens is 2. The molecule has 0 unspecified atom stereocenters. The average molecular weight is 253 g/mol. The molecule has 0 spiro atoms. The number of halogens is 2. The summed E-state index contributed by atoms with van der Waals surface area (Å²) in [5.41, 5.74) is 1.26. The molecule has 2 nitrogen and oxygen atoms in total. The maximum Gasteiger partial charge on any atom is 0.148 e. The molecular weight excluding hydrogens is 247 g/mol. The molecule has 0 fully saturated rings. The summed E-state index contributed by atoms with van der Waals surface area (Å²) in [7, 11) is 0. The van der Waals surface area contributed by atoms with Crippen LogP contribution in [0.2, 0.25) is 5.15 Å². The SMILES string of the molecule is Fc1ccc(-n2ncc(C#CS)c2Cl)cc1. The van der Waals surface area contributed by atoms with E-state index < -0.39 is 0 Å². The lowest BCUT2D eigenvalue weighted by molar-refractivity contribution is 0.627. The Balaban J connectivity index is 2.47. The summed E-state index contributed by atoms with van der Waals surface area (Å²) in [6.45, 7) is 0. The van der Waals surface area contributed by atoms with E-state index >= 15 is 0 Å². The standard InChI is InChI=1S/C11H6ClFN2S/c12-11-8(5-6-16)7-14-15(11)10-3-1-9(13)2-4-10/h1-4,7,16H. The lowest BCUT2D eigenvalue weighted by atomic mass is 10.3. The Labute approximate surface area is 102 Å². The van der Waals surface area contributed by atoms with Crippen molar-refractivity contribution in [3.63, 3.8) is 0 Å². The van der Waals surface area contributed by atoms with E-state index in [0.717, 1.165) is 0 Å². The van der Waals surface area contributed by atoms with Gasteiger partial charge in [0.25, 0.3) is 0 Å². The van der Waals surface area contributed by atoms with Crippen LogP contribution in [0.1, 0.15) is 5.56 Å². The van der Waals surface area contributed by atoms with Crippen molar-refractivity contribution in [3.8, 4) is 16.9 Å². The molecule has 2 rings (SSSR count). The number of benzene rings is 1. The Bertz CT molecular complexity index is 566. The third-order valence-electron chi connectivity index (χ3n) is 1.97. The number of thiol groups is 1. The van der Waals surface area contributed by atoms with E-state index in [-0.39, 0.29) is 5.82 Å². The lowest BCUT2D eigenvalue weighted by Gasteiger charge is -2.02. The zero-order valence-corrected chi connectivity index (χ0v) is 9.63. The van der Waals surface area contributed by atoms with Crippen molar-refractivity contribution >= 4 is 24.2 Å². The van der Waals surface area contributed by atoms with Gasteiger partial charge in [0, 0.05) is 0 Å². The van der Waals surface area contributed by atoms with Crippen LogP contribution in [-0.4, -0.2) is 9.78 Å². The second-order valence-electron chi connectivity index (χ2n) is 2.97. The summed E-state index contributed by atoms with van der Waals surface area (Å²) in [6.07, 6.45) is 1.54. The molecule has 0 aliphatic rings. The Morgan fingerprint density at radius 1 is 1.31 bits per heavy atom. The van der Waals surface area contributed by atoms with Gasteiger partial charge in [-0.2, -0.15) is 5.10 Å². The first kappa shape index (κ1) is 11.1. The number of hydrogen-bond acceptors (Lipinski definition) is 2. The summed E-state index contributed by atoms with van der Waals surface area (Å²) >= 11 is 9.83. The van der Waals surface area contributed by atoms with Crippen molar-refractivity contribution in [1.29, 1.82) is 0 Å². The van der Waals surface area contributed by atoms with Gasteiger partial charge in [-0.1, -0.05) is 30.2 Å². The van der Waals surface area contributed by atoms with Gasteiger partial charge in [-0.15, -0.1) is 0 Å². The number of nitrogens with zero attached hydrogens (tertiary/aromatic N) is 2. The quantitative estimate of drug-likeness (QED) is 0.610. The molecule has 0 saturated heterocycles. The minimum absolute atomic E-state index is 0.303. The Kier molecular flexibility index (Phi) is 3.18. The summed E-state index contributed by atoms with van der Waals surface area (Å²) in [5.74, 6) is 2.40. The number of rotatable bonds is 1. The highest BCUT2D eigenvalue weighted by Crippen LogP contribution is 2.19. The third-order valence-corrected chi connectivity index (χ3v) is 2.45. The van der Waals surface area contributed by atoms with Crippen LogP contribution in [0.5, 0.6) is 0 Å². The van der Waals surface area contributed by atoms with Gasteiger partial charge in [-0.05, 0) is 29.5 Å². The summed E-state index contributed by atoms with van der Waals surface area (Å²) in [5, 5.41) is 6.89. The van der Waals surface area contributed by atoms with Gasteiger partial charge in [-0.25, -0.2) is 9.07 Å². The molecule has 0 atom stereocenters. The highest BCUT2D eigenvalue weighted by Gasteiger charge is 2.08. The summed E-state index contributed by atoms with van der Waals surface area (Å²) in [4.78, 5) is 0. The molecule has 0 N–H and O–H groups in total. The van der Waals surface area contributed by atoms with Gasteiger partial charge in [0.1, 0.15) is 11.0 Å². The Morgan fingerprint density at radius 3 is 2.62 bits per heavy atom. The van der Waals surface area contributed by atoms with Gasteiger partial charge in [0.05, 0.1) is 17.4 Å². The molecule has 16 heavy (non-hydrogen) atoms. The average Bonchev–Trinajstić information content (AvgIpc) is 2.63. The van der Waals surface area contributed by atoms with E-state index in [1.54, 1.807) is 12.1 Å². The van der Waals surface area contributed by atoms with Crippen LogP contribution in [0.15, 0.2) is 30.5 Å². The van der Waals surface area contributed by atoms with Crippen molar-refractivity contribution in [1.82, 2.24) is 9.78 Å². The Hall–Kier alpha value is -1.44. The maximum absolute atomic E-state index is 12.7. The first-order chi connectivity index (χ1) is 7.72. The fourth-order valence-corrected chi connectivity index (χ4v) is 1.60. The predicted octanol–water partition coefficient (Wildman–Crippen LogP) is 2.90. The molecule has 0 bridgehead atoms. The zero-order valence-electron chi connectivity index (χ0n) is 7.98. The molecule has 0 saturated carbocycles. The highest BCUT2D eigenvalue weighted by molar-refractivity contribution is 7.85.